The fraction of sp³-hybridized carbons (Fsp3) is 0.417. The highest BCUT2D eigenvalue weighted by Crippen LogP contribution is 2.03. The van der Waals surface area contributed by atoms with Crippen molar-refractivity contribution in [3.8, 4) is 0 Å². The van der Waals surface area contributed by atoms with Gasteiger partial charge in [0, 0.05) is 6.26 Å². The molecule has 0 aliphatic heterocycles. The van der Waals surface area contributed by atoms with Crippen molar-refractivity contribution in [2.24, 2.45) is 5.73 Å². The molecule has 1 aromatic rings. The smallest absolute Gasteiger partial charge is 0.323 e. The van der Waals surface area contributed by atoms with E-state index in [1.165, 1.54) is 0 Å². The van der Waals surface area contributed by atoms with Crippen LogP contribution >= 0.6 is 0 Å². The highest BCUT2D eigenvalue weighted by atomic mass is 32.2. The van der Waals surface area contributed by atoms with Crippen molar-refractivity contribution in [1.29, 1.82) is 0 Å². The van der Waals surface area contributed by atoms with Gasteiger partial charge >= 0.3 is 5.97 Å². The maximum atomic E-state index is 11.5. The molecule has 0 spiro atoms. The van der Waals surface area contributed by atoms with Crippen LogP contribution in [0.1, 0.15) is 12.0 Å². The Balaban J connectivity index is 2.37. The third kappa shape index (κ3) is 5.79. The number of sulfone groups is 1. The number of hydrogen-bond acceptors (Lipinski definition) is 5. The summed E-state index contributed by atoms with van der Waals surface area (Å²) in [4.78, 5) is 11.5. The lowest BCUT2D eigenvalue weighted by atomic mass is 10.2. The van der Waals surface area contributed by atoms with Gasteiger partial charge in [0.05, 0.1) is 5.75 Å². The number of esters is 1. The first-order chi connectivity index (χ1) is 8.38. The average Bonchev–Trinajstić information content (AvgIpc) is 2.33. The Labute approximate surface area is 107 Å². The molecule has 0 aliphatic carbocycles. The molecular weight excluding hydrogens is 254 g/mol. The van der Waals surface area contributed by atoms with Crippen LogP contribution in [-0.2, 0) is 26.0 Å². The molecule has 0 unspecified atom stereocenters. The highest BCUT2D eigenvalue weighted by molar-refractivity contribution is 7.90. The zero-order chi connectivity index (χ0) is 13.6. The van der Waals surface area contributed by atoms with E-state index in [4.69, 9.17) is 10.5 Å². The number of carbonyl (C=O) groups excluding carboxylic acids is 1. The molecule has 6 heteroatoms. The van der Waals surface area contributed by atoms with Gasteiger partial charge in [-0.05, 0) is 12.0 Å². The molecule has 2 N–H and O–H groups in total. The predicted molar refractivity (Wildman–Crippen MR) is 68.5 cm³/mol. The van der Waals surface area contributed by atoms with Crippen LogP contribution in [-0.4, -0.2) is 32.4 Å². The predicted octanol–water partition coefficient (Wildman–Crippen LogP) is 0.492. The highest BCUT2D eigenvalue weighted by Gasteiger charge is 2.17. The van der Waals surface area contributed by atoms with Gasteiger partial charge in [0.1, 0.15) is 22.5 Å². The molecule has 0 bridgehead atoms. The Morgan fingerprint density at radius 3 is 2.50 bits per heavy atom. The van der Waals surface area contributed by atoms with Crippen LogP contribution in [0.4, 0.5) is 0 Å². The van der Waals surface area contributed by atoms with Crippen LogP contribution in [0.2, 0.25) is 0 Å². The minimum absolute atomic E-state index is 0.0758. The number of rotatable bonds is 6. The first-order valence-electron chi connectivity index (χ1n) is 5.52. The average molecular weight is 271 g/mol. The van der Waals surface area contributed by atoms with E-state index in [2.05, 4.69) is 0 Å². The van der Waals surface area contributed by atoms with Gasteiger partial charge in [0.2, 0.25) is 0 Å². The largest absolute Gasteiger partial charge is 0.460 e. The Hall–Kier alpha value is -1.40. The summed E-state index contributed by atoms with van der Waals surface area (Å²) in [7, 11) is -3.11. The third-order valence-corrected chi connectivity index (χ3v) is 3.30. The molecule has 0 saturated carbocycles. The summed E-state index contributed by atoms with van der Waals surface area (Å²) in [5, 5.41) is 0. The van der Waals surface area contributed by atoms with Gasteiger partial charge in [-0.3, -0.25) is 4.79 Å². The maximum Gasteiger partial charge on any atom is 0.323 e. The second-order valence-corrected chi connectivity index (χ2v) is 6.38. The number of hydrogen-bond donors (Lipinski definition) is 1. The topological polar surface area (TPSA) is 86.5 Å². The van der Waals surface area contributed by atoms with Crippen molar-refractivity contribution in [2.75, 3.05) is 12.0 Å². The summed E-state index contributed by atoms with van der Waals surface area (Å²) in [6.45, 7) is 0.145. The van der Waals surface area contributed by atoms with Gasteiger partial charge in [-0.2, -0.15) is 0 Å². The summed E-state index contributed by atoms with van der Waals surface area (Å²) < 4.78 is 26.9. The summed E-state index contributed by atoms with van der Waals surface area (Å²) in [6.07, 6.45) is 1.18. The molecule has 0 radical (unpaired) electrons. The SMILES string of the molecule is CS(=O)(=O)CC[C@H](N)C(=O)OCc1ccccc1. The number of carbonyl (C=O) groups is 1. The molecule has 1 rings (SSSR count). The summed E-state index contributed by atoms with van der Waals surface area (Å²) in [5.74, 6) is -0.697. The molecule has 1 atom stereocenters. The Kier molecular flexibility index (Phi) is 5.30. The normalized spacial score (nSPS) is 13.0. The van der Waals surface area contributed by atoms with Crippen LogP contribution < -0.4 is 5.73 Å². The summed E-state index contributed by atoms with van der Waals surface area (Å²) >= 11 is 0. The van der Waals surface area contributed by atoms with Crippen molar-refractivity contribution >= 4 is 15.8 Å². The van der Waals surface area contributed by atoms with Crippen LogP contribution in [0.25, 0.3) is 0 Å². The second kappa shape index (κ2) is 6.51. The zero-order valence-electron chi connectivity index (χ0n) is 10.2. The number of nitrogens with two attached hydrogens (primary N) is 1. The molecule has 18 heavy (non-hydrogen) atoms. The monoisotopic (exact) mass is 271 g/mol. The van der Waals surface area contributed by atoms with Gasteiger partial charge in [-0.1, -0.05) is 30.3 Å². The molecule has 100 valence electrons. The van der Waals surface area contributed by atoms with Crippen LogP contribution in [0, 0.1) is 0 Å². The van der Waals surface area contributed by atoms with E-state index in [0.29, 0.717) is 0 Å². The van der Waals surface area contributed by atoms with Gasteiger partial charge in [-0.25, -0.2) is 8.42 Å². The lowest BCUT2D eigenvalue weighted by Gasteiger charge is -2.10. The number of benzene rings is 1. The first-order valence-corrected chi connectivity index (χ1v) is 7.58. The van der Waals surface area contributed by atoms with Crippen molar-refractivity contribution in [2.45, 2.75) is 19.1 Å². The lowest BCUT2D eigenvalue weighted by molar-refractivity contribution is -0.146. The molecule has 0 amide bonds. The second-order valence-electron chi connectivity index (χ2n) is 4.12. The van der Waals surface area contributed by atoms with Gasteiger partial charge in [0.15, 0.2) is 0 Å². The van der Waals surface area contributed by atoms with E-state index >= 15 is 0 Å². The van der Waals surface area contributed by atoms with E-state index in [-0.39, 0.29) is 18.8 Å². The van der Waals surface area contributed by atoms with E-state index in [1.54, 1.807) is 0 Å². The molecular formula is C12H17NO4S. The molecule has 1 aromatic carbocycles. The quantitative estimate of drug-likeness (QED) is 0.761. The Bertz CT molecular complexity index is 484. The van der Waals surface area contributed by atoms with E-state index in [9.17, 15) is 13.2 Å². The zero-order valence-corrected chi connectivity index (χ0v) is 11.0. The Morgan fingerprint density at radius 2 is 1.94 bits per heavy atom. The molecule has 0 fully saturated rings. The van der Waals surface area contributed by atoms with Crippen molar-refractivity contribution in [1.82, 2.24) is 0 Å². The third-order valence-electron chi connectivity index (χ3n) is 2.33. The summed E-state index contributed by atoms with van der Waals surface area (Å²) in [6, 6.07) is 8.30. The lowest BCUT2D eigenvalue weighted by Crippen LogP contribution is -2.34. The van der Waals surface area contributed by atoms with Gasteiger partial charge < -0.3 is 10.5 Å². The standard InChI is InChI=1S/C12H17NO4S/c1-18(15,16)8-7-11(13)12(14)17-9-10-5-3-2-4-6-10/h2-6,11H,7-9,13H2,1H3/t11-/m0/s1. The maximum absolute atomic E-state index is 11.5. The Morgan fingerprint density at radius 1 is 1.33 bits per heavy atom. The molecule has 0 saturated heterocycles. The summed E-state index contributed by atoms with van der Waals surface area (Å²) in [5.41, 5.74) is 6.41. The van der Waals surface area contributed by atoms with Crippen molar-refractivity contribution in [3.63, 3.8) is 0 Å². The van der Waals surface area contributed by atoms with E-state index < -0.39 is 21.8 Å². The fourth-order valence-corrected chi connectivity index (χ4v) is 1.98. The van der Waals surface area contributed by atoms with Gasteiger partial charge in [0.25, 0.3) is 0 Å². The number of ether oxygens (including phenoxy) is 1. The molecule has 5 nitrogen and oxygen atoms in total. The first kappa shape index (κ1) is 14.7. The minimum atomic E-state index is -3.11. The van der Waals surface area contributed by atoms with E-state index in [0.717, 1.165) is 11.8 Å². The molecule has 0 aromatic heterocycles. The van der Waals surface area contributed by atoms with Gasteiger partial charge in [-0.15, -0.1) is 0 Å². The fourth-order valence-electron chi connectivity index (χ4n) is 1.29. The van der Waals surface area contributed by atoms with Crippen LogP contribution in [0.5, 0.6) is 0 Å². The molecule has 0 aliphatic rings. The van der Waals surface area contributed by atoms with Crippen molar-refractivity contribution < 1.29 is 17.9 Å². The minimum Gasteiger partial charge on any atom is -0.460 e. The van der Waals surface area contributed by atoms with Crippen LogP contribution in [0.15, 0.2) is 30.3 Å². The van der Waals surface area contributed by atoms with E-state index in [1.807, 2.05) is 30.3 Å². The molecule has 0 heterocycles. The van der Waals surface area contributed by atoms with Crippen molar-refractivity contribution in [3.05, 3.63) is 35.9 Å². The van der Waals surface area contributed by atoms with Crippen LogP contribution in [0.3, 0.4) is 0 Å².